The highest BCUT2D eigenvalue weighted by molar-refractivity contribution is 7.15. The van der Waals surface area contributed by atoms with Crippen LogP contribution in [0.15, 0.2) is 46.7 Å². The fourth-order valence-corrected chi connectivity index (χ4v) is 3.17. The van der Waals surface area contributed by atoms with Gasteiger partial charge in [-0.2, -0.15) is 4.98 Å². The number of amides is 1. The molecule has 1 atom stereocenters. The molecule has 0 radical (unpaired) electrons. The van der Waals surface area contributed by atoms with Crippen LogP contribution in [0.3, 0.4) is 0 Å². The Kier molecular flexibility index (Phi) is 4.61. The maximum Gasteiger partial charge on any atom is 0.275 e. The summed E-state index contributed by atoms with van der Waals surface area (Å²) < 4.78 is 1.26. The molecule has 0 aliphatic carbocycles. The van der Waals surface area contributed by atoms with Crippen LogP contribution in [0.1, 0.15) is 29.3 Å². The predicted octanol–water partition coefficient (Wildman–Crippen LogP) is 2.21. The van der Waals surface area contributed by atoms with Crippen LogP contribution in [0, 0.1) is 0 Å². The summed E-state index contributed by atoms with van der Waals surface area (Å²) in [6.45, 7) is 1.87. The summed E-state index contributed by atoms with van der Waals surface area (Å²) in [4.78, 5) is 28.9. The van der Waals surface area contributed by atoms with Crippen molar-refractivity contribution < 1.29 is 9.90 Å². The van der Waals surface area contributed by atoms with Gasteiger partial charge in [0.25, 0.3) is 11.5 Å². The Morgan fingerprint density at radius 2 is 2.12 bits per heavy atom. The van der Waals surface area contributed by atoms with E-state index < -0.39 is 17.3 Å². The van der Waals surface area contributed by atoms with Gasteiger partial charge in [0.05, 0.1) is 0 Å². The normalized spacial score (nSPS) is 12.2. The quantitative estimate of drug-likeness (QED) is 0.744. The highest BCUT2D eigenvalue weighted by Crippen LogP contribution is 2.15. The number of benzene rings is 1. The molecule has 3 rings (SSSR count). The smallest absolute Gasteiger partial charge is 0.275 e. The fourth-order valence-electron chi connectivity index (χ4n) is 2.46. The molecule has 2 aromatic heterocycles. The molecule has 0 spiro atoms. The molecule has 1 unspecified atom stereocenters. The fraction of sp³-hybridized carbons (Fsp3) is 0.235. The van der Waals surface area contributed by atoms with Crippen LogP contribution in [0.4, 0.5) is 0 Å². The first kappa shape index (κ1) is 16.2. The van der Waals surface area contributed by atoms with Crippen molar-refractivity contribution in [2.45, 2.75) is 25.8 Å². The monoisotopic (exact) mass is 343 g/mol. The number of hydrogen-bond donors (Lipinski definition) is 2. The molecule has 0 saturated carbocycles. The van der Waals surface area contributed by atoms with Gasteiger partial charge in [-0.3, -0.25) is 14.0 Å². The van der Waals surface area contributed by atoms with Crippen molar-refractivity contribution in [1.82, 2.24) is 14.7 Å². The number of nitrogens with zero attached hydrogens (tertiary/aromatic N) is 2. The minimum absolute atomic E-state index is 0.139. The zero-order valence-corrected chi connectivity index (χ0v) is 13.9. The third-order valence-electron chi connectivity index (χ3n) is 3.76. The van der Waals surface area contributed by atoms with Gasteiger partial charge in [-0.1, -0.05) is 30.3 Å². The molecule has 1 aromatic carbocycles. The molecule has 7 heteroatoms. The number of nitrogens with one attached hydrogen (secondary N) is 1. The first-order valence-corrected chi connectivity index (χ1v) is 8.48. The van der Waals surface area contributed by atoms with E-state index in [0.29, 0.717) is 4.96 Å². The van der Waals surface area contributed by atoms with Crippen molar-refractivity contribution >= 4 is 22.2 Å². The molecule has 0 aliphatic heterocycles. The Morgan fingerprint density at radius 3 is 2.88 bits per heavy atom. The highest BCUT2D eigenvalue weighted by Gasteiger charge is 2.21. The van der Waals surface area contributed by atoms with Gasteiger partial charge in [-0.25, -0.2) is 0 Å². The van der Waals surface area contributed by atoms with E-state index >= 15 is 0 Å². The van der Waals surface area contributed by atoms with E-state index in [1.807, 2.05) is 37.3 Å². The van der Waals surface area contributed by atoms with Crippen LogP contribution < -0.4 is 10.9 Å². The largest absolute Gasteiger partial charge is 0.492 e. The molecule has 6 nitrogen and oxygen atoms in total. The lowest BCUT2D eigenvalue weighted by Gasteiger charge is -2.14. The number of thiazole rings is 1. The van der Waals surface area contributed by atoms with Crippen molar-refractivity contribution in [3.8, 4) is 5.88 Å². The lowest BCUT2D eigenvalue weighted by Crippen LogP contribution is -2.37. The van der Waals surface area contributed by atoms with Gasteiger partial charge in [-0.15, -0.1) is 11.3 Å². The third-order valence-corrected chi connectivity index (χ3v) is 4.52. The number of carbonyl (C=O) groups is 1. The van der Waals surface area contributed by atoms with E-state index in [2.05, 4.69) is 10.3 Å². The minimum Gasteiger partial charge on any atom is -0.492 e. The van der Waals surface area contributed by atoms with Crippen molar-refractivity contribution in [1.29, 1.82) is 0 Å². The molecule has 0 fully saturated rings. The van der Waals surface area contributed by atoms with Crippen LogP contribution in [-0.2, 0) is 6.42 Å². The molecule has 3 aromatic rings. The summed E-state index contributed by atoms with van der Waals surface area (Å²) in [7, 11) is 0. The third kappa shape index (κ3) is 3.30. The minimum atomic E-state index is -0.605. The van der Waals surface area contributed by atoms with E-state index in [4.69, 9.17) is 0 Å². The Morgan fingerprint density at radius 1 is 1.38 bits per heavy atom. The SMILES string of the molecule is CC(CCc1ccccc1)NC(=O)c1c(O)nc2sccn2c1=O. The average Bonchev–Trinajstić information content (AvgIpc) is 3.02. The molecule has 2 heterocycles. The lowest BCUT2D eigenvalue weighted by molar-refractivity contribution is 0.0933. The molecule has 0 aliphatic rings. The maximum absolute atomic E-state index is 12.4. The van der Waals surface area contributed by atoms with Crippen LogP contribution in [0.5, 0.6) is 5.88 Å². The second-order valence-corrected chi connectivity index (χ2v) is 6.44. The van der Waals surface area contributed by atoms with Crippen molar-refractivity contribution in [3.63, 3.8) is 0 Å². The molecule has 124 valence electrons. The van der Waals surface area contributed by atoms with E-state index in [9.17, 15) is 14.7 Å². The molecule has 2 N–H and O–H groups in total. The Hall–Kier alpha value is -2.67. The van der Waals surface area contributed by atoms with Crippen LogP contribution >= 0.6 is 11.3 Å². The second kappa shape index (κ2) is 6.84. The van der Waals surface area contributed by atoms with E-state index in [-0.39, 0.29) is 11.6 Å². The molecule has 0 bridgehead atoms. The van der Waals surface area contributed by atoms with Gasteiger partial charge in [0.1, 0.15) is 0 Å². The van der Waals surface area contributed by atoms with Crippen LogP contribution in [-0.4, -0.2) is 26.4 Å². The second-order valence-electron chi connectivity index (χ2n) is 5.57. The summed E-state index contributed by atoms with van der Waals surface area (Å²) in [5, 5.41) is 14.4. The zero-order chi connectivity index (χ0) is 17.1. The van der Waals surface area contributed by atoms with Gasteiger partial charge < -0.3 is 10.4 Å². The summed E-state index contributed by atoms with van der Waals surface area (Å²) in [6.07, 6.45) is 3.07. The Balaban J connectivity index is 1.71. The molecule has 24 heavy (non-hydrogen) atoms. The van der Waals surface area contributed by atoms with E-state index in [1.165, 1.54) is 27.5 Å². The predicted molar refractivity (Wildman–Crippen MR) is 92.7 cm³/mol. The van der Waals surface area contributed by atoms with Gasteiger partial charge in [0.2, 0.25) is 5.88 Å². The topological polar surface area (TPSA) is 83.7 Å². The van der Waals surface area contributed by atoms with Crippen LogP contribution in [0.25, 0.3) is 4.96 Å². The van der Waals surface area contributed by atoms with Gasteiger partial charge in [0.15, 0.2) is 10.5 Å². The average molecular weight is 343 g/mol. The maximum atomic E-state index is 12.4. The standard InChI is InChI=1S/C17H17N3O3S/c1-11(7-8-12-5-3-2-4-6-12)18-14(21)13-15(22)19-17-20(16(13)23)9-10-24-17/h2-6,9-11,22H,7-8H2,1H3,(H,18,21). The Labute approximate surface area is 142 Å². The lowest BCUT2D eigenvalue weighted by atomic mass is 10.1. The van der Waals surface area contributed by atoms with E-state index in [0.717, 1.165) is 12.8 Å². The summed E-state index contributed by atoms with van der Waals surface area (Å²) in [5.41, 5.74) is 0.298. The highest BCUT2D eigenvalue weighted by atomic mass is 32.1. The number of carbonyl (C=O) groups excluding carboxylic acids is 1. The van der Waals surface area contributed by atoms with Gasteiger partial charge in [0, 0.05) is 17.6 Å². The van der Waals surface area contributed by atoms with E-state index in [1.54, 1.807) is 5.38 Å². The summed E-state index contributed by atoms with van der Waals surface area (Å²) in [6, 6.07) is 9.82. The Bertz CT molecular complexity index is 918. The number of aromatic hydroxyl groups is 1. The first-order valence-electron chi connectivity index (χ1n) is 7.60. The van der Waals surface area contributed by atoms with Crippen molar-refractivity contribution in [2.24, 2.45) is 0 Å². The molecule has 1 amide bonds. The zero-order valence-electron chi connectivity index (χ0n) is 13.1. The summed E-state index contributed by atoms with van der Waals surface area (Å²) >= 11 is 1.22. The first-order chi connectivity index (χ1) is 11.6. The van der Waals surface area contributed by atoms with Gasteiger partial charge in [-0.05, 0) is 25.3 Å². The summed E-state index contributed by atoms with van der Waals surface area (Å²) in [5.74, 6) is -1.14. The number of hydrogen-bond acceptors (Lipinski definition) is 5. The molecular weight excluding hydrogens is 326 g/mol. The van der Waals surface area contributed by atoms with Crippen LogP contribution in [0.2, 0.25) is 0 Å². The van der Waals surface area contributed by atoms with Crippen molar-refractivity contribution in [2.75, 3.05) is 0 Å². The number of fused-ring (bicyclic) bond motifs is 1. The number of aromatic nitrogens is 2. The van der Waals surface area contributed by atoms with Gasteiger partial charge >= 0.3 is 0 Å². The molecule has 0 saturated heterocycles. The van der Waals surface area contributed by atoms with Crippen molar-refractivity contribution in [3.05, 3.63) is 63.4 Å². The number of aryl methyl sites for hydroxylation is 1. The number of rotatable bonds is 5. The molecular formula is C17H17N3O3S.